The summed E-state index contributed by atoms with van der Waals surface area (Å²) in [5.74, 6) is -5.96. The van der Waals surface area contributed by atoms with Gasteiger partial charge >= 0.3 is 39.2 Å². The van der Waals surface area contributed by atoms with E-state index in [0.29, 0.717) is 0 Å². The van der Waals surface area contributed by atoms with Crippen LogP contribution in [0.4, 0.5) is 0 Å². The van der Waals surface area contributed by atoms with Gasteiger partial charge in [0, 0.05) is 0 Å². The molecule has 0 aliphatic carbocycles. The van der Waals surface area contributed by atoms with Crippen LogP contribution in [0.5, 0.6) is 0 Å². The predicted molar refractivity (Wildman–Crippen MR) is 69.5 cm³/mol. The largest absolute Gasteiger partial charge is 2.00 e. The van der Waals surface area contributed by atoms with Gasteiger partial charge in [0.2, 0.25) is 0 Å². The van der Waals surface area contributed by atoms with Gasteiger partial charge in [0.1, 0.15) is 11.4 Å². The molecule has 0 aromatic carbocycles. The average Bonchev–Trinajstić information content (AvgIpc) is 3.08. The zero-order chi connectivity index (χ0) is 16.9. The zero-order valence-corrected chi connectivity index (χ0v) is 16.3. The van der Waals surface area contributed by atoms with Crippen molar-refractivity contribution in [3.8, 4) is 0 Å². The van der Waals surface area contributed by atoms with E-state index in [0.717, 1.165) is 12.7 Å². The van der Waals surface area contributed by atoms with Gasteiger partial charge < -0.3 is 50.9 Å². The van der Waals surface area contributed by atoms with E-state index in [1.54, 1.807) is 0 Å². The van der Waals surface area contributed by atoms with Gasteiger partial charge in [-0.25, -0.2) is 19.6 Å². The molecule has 25 heavy (non-hydrogen) atoms. The molecule has 0 fully saturated rings. The molecule has 2 aromatic rings. The molecule has 0 atom stereocenters. The maximum absolute atomic E-state index is 10.2. The number of H-pyrrole nitrogens is 2. The first kappa shape index (κ1) is 27.0. The number of aromatic carboxylic acids is 4. The van der Waals surface area contributed by atoms with E-state index in [1.165, 1.54) is 0 Å². The molecule has 2 rings (SSSR count). The quantitative estimate of drug-likeness (QED) is 0.249. The maximum Gasteiger partial charge on any atom is 2.00 e. The topological polar surface area (TPSA) is 278 Å². The fourth-order valence-corrected chi connectivity index (χ4v) is 1.22. The van der Waals surface area contributed by atoms with E-state index in [2.05, 4.69) is 19.9 Å². The van der Waals surface area contributed by atoms with Crippen molar-refractivity contribution in [2.45, 2.75) is 0 Å². The van der Waals surface area contributed by atoms with Crippen LogP contribution in [0.3, 0.4) is 0 Å². The number of carbonyl (C=O) groups is 4. The van der Waals surface area contributed by atoms with Crippen LogP contribution in [0.15, 0.2) is 12.7 Å². The first-order valence-corrected chi connectivity index (χ1v) is 5.21. The van der Waals surface area contributed by atoms with Crippen molar-refractivity contribution in [3.05, 3.63) is 35.4 Å². The Balaban J connectivity index is -0.000000346. The number of nitrogens with one attached hydrogen (secondary N) is 2. The van der Waals surface area contributed by atoms with Gasteiger partial charge in [0.05, 0.1) is 24.6 Å². The van der Waals surface area contributed by atoms with Crippen LogP contribution in [0.25, 0.3) is 0 Å². The van der Waals surface area contributed by atoms with E-state index in [9.17, 15) is 29.4 Å². The number of aromatic amines is 2. The molecule has 2 heterocycles. The molecule has 0 spiro atoms. The summed E-state index contributed by atoms with van der Waals surface area (Å²) in [6, 6.07) is 0. The molecule has 0 bridgehead atoms. The smallest absolute Gasteiger partial charge is 0.543 e. The number of nitrogens with zero attached hydrogens (tertiary/aromatic N) is 2. The summed E-state index contributed by atoms with van der Waals surface area (Å²) < 4.78 is 0. The number of aromatic nitrogens is 4. The molecule has 14 nitrogen and oxygen atoms in total. The Morgan fingerprint density at radius 2 is 1.08 bits per heavy atom. The Kier molecular flexibility index (Phi) is 12.6. The average molecular weight is 461 g/mol. The fourth-order valence-electron chi connectivity index (χ4n) is 1.22. The van der Waals surface area contributed by atoms with Crippen LogP contribution in [0, 0.1) is 0 Å². The molecule has 2 aromatic heterocycles. The number of hydrogen-bond acceptors (Lipinski definition) is 8. The Labute approximate surface area is 157 Å². The first-order valence-electron chi connectivity index (χ1n) is 5.21. The molecule has 10 N–H and O–H groups in total. The SMILES string of the molecule is O=C([O-])c1nc[nH]c1C(=O)O.O=C([O-])c1nc[nH]c1C(=O)O.[Cd+2].[OH3+].[OH3+]. The zero-order valence-electron chi connectivity index (χ0n) is 12.3. The summed E-state index contributed by atoms with van der Waals surface area (Å²) in [6.07, 6.45) is 1.96. The van der Waals surface area contributed by atoms with E-state index < -0.39 is 46.7 Å². The molecular formula is C10H12CdN4O10+2. The maximum atomic E-state index is 10.2. The summed E-state index contributed by atoms with van der Waals surface area (Å²) in [7, 11) is 0. The second kappa shape index (κ2) is 11.6. The summed E-state index contributed by atoms with van der Waals surface area (Å²) >= 11 is 0. The molecule has 0 aliphatic heterocycles. The van der Waals surface area contributed by atoms with E-state index in [4.69, 9.17) is 10.2 Å². The van der Waals surface area contributed by atoms with Crippen molar-refractivity contribution >= 4 is 23.9 Å². The minimum atomic E-state index is -1.61. The molecular weight excluding hydrogens is 449 g/mol. The van der Waals surface area contributed by atoms with Crippen molar-refractivity contribution in [3.63, 3.8) is 0 Å². The van der Waals surface area contributed by atoms with Gasteiger partial charge in [0.15, 0.2) is 11.4 Å². The summed E-state index contributed by atoms with van der Waals surface area (Å²) in [4.78, 5) is 51.5. The fraction of sp³-hybridized carbons (Fsp3) is 0. The van der Waals surface area contributed by atoms with Crippen molar-refractivity contribution < 1.29 is 77.9 Å². The van der Waals surface area contributed by atoms with Gasteiger partial charge in [0.25, 0.3) is 0 Å². The normalized spacial score (nSPS) is 8.32. The second-order valence-corrected chi connectivity index (χ2v) is 3.44. The van der Waals surface area contributed by atoms with Gasteiger partial charge in [-0.15, -0.1) is 0 Å². The number of imidazole rings is 2. The van der Waals surface area contributed by atoms with Gasteiger partial charge in [-0.2, -0.15) is 0 Å². The number of hydrogen-bond donors (Lipinski definition) is 4. The van der Waals surface area contributed by atoms with E-state index in [-0.39, 0.29) is 38.3 Å². The minimum absolute atomic E-state index is 0. The summed E-state index contributed by atoms with van der Waals surface area (Å²) in [6.45, 7) is 0. The van der Waals surface area contributed by atoms with Crippen molar-refractivity contribution in [2.75, 3.05) is 0 Å². The van der Waals surface area contributed by atoms with Crippen LogP contribution in [-0.2, 0) is 38.3 Å². The minimum Gasteiger partial charge on any atom is -0.543 e. The molecule has 0 radical (unpaired) electrons. The van der Waals surface area contributed by atoms with Crippen molar-refractivity contribution in [1.29, 1.82) is 0 Å². The number of carboxylic acids is 4. The van der Waals surface area contributed by atoms with Gasteiger partial charge in [-0.05, 0) is 0 Å². The first-order chi connectivity index (χ1) is 10.3. The Hall–Kier alpha value is -2.86. The predicted octanol–water partition coefficient (Wildman–Crippen LogP) is -4.90. The summed E-state index contributed by atoms with van der Waals surface area (Å²) in [5, 5.41) is 36.9. The standard InChI is InChI=1S/2C5H4N2O4.Cd.2H2O/c2*8-4(9)2-3(5(10)11)7-1-6-2;;;/h2*1H,(H,6,7)(H,8,9)(H,10,11);;2*1H2/q;;+2;;. The number of rotatable bonds is 4. The molecule has 0 saturated heterocycles. The summed E-state index contributed by atoms with van der Waals surface area (Å²) in [5.41, 5.74) is -2.11. The monoisotopic (exact) mass is 462 g/mol. The molecule has 15 heteroatoms. The van der Waals surface area contributed by atoms with Gasteiger partial charge in [-0.1, -0.05) is 0 Å². The Morgan fingerprint density at radius 3 is 1.24 bits per heavy atom. The van der Waals surface area contributed by atoms with Crippen LogP contribution >= 0.6 is 0 Å². The van der Waals surface area contributed by atoms with Gasteiger partial charge in [-0.3, -0.25) is 0 Å². The van der Waals surface area contributed by atoms with Crippen LogP contribution in [0.1, 0.15) is 42.0 Å². The van der Waals surface area contributed by atoms with Crippen LogP contribution < -0.4 is 10.2 Å². The molecule has 132 valence electrons. The molecule has 0 saturated carbocycles. The third-order valence-electron chi connectivity index (χ3n) is 2.09. The van der Waals surface area contributed by atoms with Crippen LogP contribution in [-0.4, -0.2) is 54.0 Å². The second-order valence-electron chi connectivity index (χ2n) is 3.44. The Bertz CT molecular complexity index is 620. The third-order valence-corrected chi connectivity index (χ3v) is 2.09. The number of carboxylic acid groups (broad SMARTS) is 4. The molecule has 0 unspecified atom stereocenters. The molecule has 0 amide bonds. The third kappa shape index (κ3) is 7.05. The van der Waals surface area contributed by atoms with Crippen molar-refractivity contribution in [1.82, 2.24) is 19.9 Å². The van der Waals surface area contributed by atoms with Crippen molar-refractivity contribution in [2.24, 2.45) is 0 Å². The van der Waals surface area contributed by atoms with Crippen LogP contribution in [0.2, 0.25) is 0 Å². The number of carbonyl (C=O) groups excluding carboxylic acids is 2. The Morgan fingerprint density at radius 1 is 0.800 bits per heavy atom. The molecule has 0 aliphatic rings. The van der Waals surface area contributed by atoms with E-state index in [1.807, 2.05) is 0 Å². The van der Waals surface area contributed by atoms with E-state index >= 15 is 0 Å².